The van der Waals surface area contributed by atoms with Crippen LogP contribution in [-0.4, -0.2) is 51.7 Å². The fourth-order valence-corrected chi connectivity index (χ4v) is 4.86. The molecule has 35 heavy (non-hydrogen) atoms. The lowest BCUT2D eigenvalue weighted by Crippen LogP contribution is -2.28. The molecule has 2 aromatic carbocycles. The second kappa shape index (κ2) is 8.87. The van der Waals surface area contributed by atoms with Gasteiger partial charge in [0.25, 0.3) is 0 Å². The second-order valence-electron chi connectivity index (χ2n) is 8.84. The third-order valence-corrected chi connectivity index (χ3v) is 6.57. The van der Waals surface area contributed by atoms with Gasteiger partial charge in [0.1, 0.15) is 17.5 Å². The molecule has 9 heteroatoms. The van der Waals surface area contributed by atoms with Crippen molar-refractivity contribution in [3.8, 4) is 17.2 Å². The highest BCUT2D eigenvalue weighted by Gasteiger charge is 2.30. The highest BCUT2D eigenvalue weighted by Crippen LogP contribution is 2.38. The number of imidazole rings is 1. The van der Waals surface area contributed by atoms with Crippen LogP contribution in [0.1, 0.15) is 23.1 Å². The Morgan fingerprint density at radius 2 is 1.91 bits per heavy atom. The third kappa shape index (κ3) is 4.20. The van der Waals surface area contributed by atoms with E-state index in [2.05, 4.69) is 16.3 Å². The van der Waals surface area contributed by atoms with E-state index >= 15 is 0 Å². The topological polar surface area (TPSA) is 76.6 Å². The highest BCUT2D eigenvalue weighted by molar-refractivity contribution is 5.91. The fraction of sp³-hybridized carbons (Fsp3) is 0.308. The van der Waals surface area contributed by atoms with Crippen LogP contribution in [0.5, 0.6) is 0 Å². The number of hydrogen-bond acceptors (Lipinski definition) is 5. The van der Waals surface area contributed by atoms with Gasteiger partial charge in [-0.05, 0) is 48.7 Å². The van der Waals surface area contributed by atoms with Crippen molar-refractivity contribution in [2.24, 2.45) is 0 Å². The van der Waals surface area contributed by atoms with Gasteiger partial charge in [-0.3, -0.25) is 9.30 Å². The molecule has 1 fully saturated rings. The van der Waals surface area contributed by atoms with E-state index in [9.17, 15) is 23.5 Å². The highest BCUT2D eigenvalue weighted by atomic mass is 19.4. The molecule has 0 bridgehead atoms. The van der Waals surface area contributed by atoms with Gasteiger partial charge in [0.2, 0.25) is 0 Å². The Morgan fingerprint density at radius 1 is 1.17 bits per heavy atom. The minimum Gasteiger partial charge on any atom is -0.392 e. The lowest BCUT2D eigenvalue weighted by atomic mass is 9.95. The van der Waals surface area contributed by atoms with Crippen LogP contribution in [0, 0.1) is 18.3 Å². The SMILES string of the molecule is Cc1c(-c2ccc(C(F)(F)F)cc2)c(C#N)c2nc3ccccc3n2c1NCCN1CCC(O)C1. The van der Waals surface area contributed by atoms with Crippen molar-refractivity contribution >= 4 is 22.5 Å². The van der Waals surface area contributed by atoms with E-state index in [-0.39, 0.29) is 6.10 Å². The molecule has 2 N–H and O–H groups in total. The van der Waals surface area contributed by atoms with Crippen LogP contribution in [0.3, 0.4) is 0 Å². The number of β-amino-alcohol motifs (C(OH)–C–C–N with tert-alkyl or cyclic N) is 1. The maximum absolute atomic E-state index is 13.1. The molecule has 2 aromatic heterocycles. The van der Waals surface area contributed by atoms with Gasteiger partial charge in [0.05, 0.1) is 22.7 Å². The molecule has 4 aromatic rings. The fourth-order valence-electron chi connectivity index (χ4n) is 4.86. The average molecular weight is 480 g/mol. The van der Waals surface area contributed by atoms with Crippen LogP contribution in [-0.2, 0) is 6.18 Å². The molecule has 1 aliphatic rings. The zero-order chi connectivity index (χ0) is 24.7. The molecule has 1 atom stereocenters. The summed E-state index contributed by atoms with van der Waals surface area (Å²) < 4.78 is 41.3. The van der Waals surface area contributed by atoms with Gasteiger partial charge in [0, 0.05) is 31.7 Å². The smallest absolute Gasteiger partial charge is 0.392 e. The first kappa shape index (κ1) is 23.1. The quantitative estimate of drug-likeness (QED) is 0.429. The van der Waals surface area contributed by atoms with E-state index in [1.165, 1.54) is 12.1 Å². The molecule has 0 spiro atoms. The summed E-state index contributed by atoms with van der Waals surface area (Å²) in [7, 11) is 0. The van der Waals surface area contributed by atoms with Crippen molar-refractivity contribution in [1.82, 2.24) is 14.3 Å². The Labute approximate surface area is 200 Å². The lowest BCUT2D eigenvalue weighted by molar-refractivity contribution is -0.137. The maximum Gasteiger partial charge on any atom is 0.416 e. The summed E-state index contributed by atoms with van der Waals surface area (Å²) in [6.45, 7) is 4.64. The standard InChI is InChI=1S/C26H24F3N5O/c1-16-23(17-6-8-18(9-7-17)26(27,28)29)20(14-30)25-32-21-4-2-3-5-22(21)34(25)24(16)31-11-13-33-12-10-19(35)15-33/h2-9,19,31,35H,10-13,15H2,1H3. The number of hydrogen-bond donors (Lipinski definition) is 2. The zero-order valence-corrected chi connectivity index (χ0v) is 19.1. The zero-order valence-electron chi connectivity index (χ0n) is 19.1. The monoisotopic (exact) mass is 479 g/mol. The molecule has 180 valence electrons. The number of nitrogens with one attached hydrogen (secondary N) is 1. The summed E-state index contributed by atoms with van der Waals surface area (Å²) in [6.07, 6.45) is -3.99. The summed E-state index contributed by atoms with van der Waals surface area (Å²) in [4.78, 5) is 6.88. The molecule has 0 amide bonds. The molecule has 6 nitrogen and oxygen atoms in total. The number of benzene rings is 2. The Hall–Kier alpha value is -3.61. The number of aliphatic hydroxyl groups excluding tert-OH is 1. The predicted molar refractivity (Wildman–Crippen MR) is 128 cm³/mol. The Bertz CT molecular complexity index is 1440. The predicted octanol–water partition coefficient (Wildman–Crippen LogP) is 4.83. The summed E-state index contributed by atoms with van der Waals surface area (Å²) >= 11 is 0. The lowest BCUT2D eigenvalue weighted by Gasteiger charge is -2.20. The Kier molecular flexibility index (Phi) is 5.87. The first-order valence-corrected chi connectivity index (χ1v) is 11.4. The number of likely N-dealkylation sites (tertiary alicyclic amines) is 1. The first-order valence-electron chi connectivity index (χ1n) is 11.4. The van der Waals surface area contributed by atoms with Gasteiger partial charge in [-0.1, -0.05) is 24.3 Å². The number of halogens is 3. The third-order valence-electron chi connectivity index (χ3n) is 6.57. The van der Waals surface area contributed by atoms with Gasteiger partial charge in [-0.2, -0.15) is 18.4 Å². The summed E-state index contributed by atoms with van der Waals surface area (Å²) in [5, 5.41) is 23.4. The number of aromatic nitrogens is 2. The number of para-hydroxylation sites is 2. The van der Waals surface area contributed by atoms with E-state index < -0.39 is 11.7 Å². The van der Waals surface area contributed by atoms with E-state index in [0.717, 1.165) is 54.1 Å². The van der Waals surface area contributed by atoms with Crippen molar-refractivity contribution in [3.63, 3.8) is 0 Å². The Morgan fingerprint density at radius 3 is 2.57 bits per heavy atom. The van der Waals surface area contributed by atoms with Crippen molar-refractivity contribution < 1.29 is 18.3 Å². The number of pyridine rings is 1. The van der Waals surface area contributed by atoms with Gasteiger partial charge in [-0.15, -0.1) is 0 Å². The second-order valence-corrected chi connectivity index (χ2v) is 8.84. The summed E-state index contributed by atoms with van der Waals surface area (Å²) in [5.74, 6) is 0.738. The first-order chi connectivity index (χ1) is 16.8. The maximum atomic E-state index is 13.1. The van der Waals surface area contributed by atoms with Crippen LogP contribution in [0.2, 0.25) is 0 Å². The van der Waals surface area contributed by atoms with Crippen LogP contribution in [0.4, 0.5) is 19.0 Å². The van der Waals surface area contributed by atoms with Crippen molar-refractivity contribution in [2.45, 2.75) is 25.6 Å². The molecule has 1 aliphatic heterocycles. The number of fused-ring (bicyclic) bond motifs is 3. The van der Waals surface area contributed by atoms with E-state index in [4.69, 9.17) is 4.98 Å². The minimum absolute atomic E-state index is 0.304. The molecule has 3 heterocycles. The minimum atomic E-state index is -4.44. The van der Waals surface area contributed by atoms with Gasteiger partial charge in [0.15, 0.2) is 5.65 Å². The number of nitrogens with zero attached hydrogens (tertiary/aromatic N) is 4. The Balaban J connectivity index is 1.65. The molecule has 1 unspecified atom stereocenters. The number of rotatable bonds is 5. The van der Waals surface area contributed by atoms with Crippen LogP contribution in [0.25, 0.3) is 27.8 Å². The summed E-state index contributed by atoms with van der Waals surface area (Å²) in [5.41, 5.74) is 3.41. The van der Waals surface area contributed by atoms with Crippen LogP contribution >= 0.6 is 0 Å². The molecule has 0 saturated carbocycles. The van der Waals surface area contributed by atoms with Crippen LogP contribution < -0.4 is 5.32 Å². The molecular weight excluding hydrogens is 455 g/mol. The summed E-state index contributed by atoms with van der Waals surface area (Å²) in [6, 6.07) is 14.7. The normalized spacial score (nSPS) is 16.7. The van der Waals surface area contributed by atoms with E-state index in [1.807, 2.05) is 35.6 Å². The largest absolute Gasteiger partial charge is 0.416 e. The molecule has 0 aliphatic carbocycles. The van der Waals surface area contributed by atoms with Gasteiger partial charge in [-0.25, -0.2) is 4.98 Å². The van der Waals surface area contributed by atoms with Gasteiger partial charge >= 0.3 is 6.18 Å². The molecular formula is C26H24F3N5O. The van der Waals surface area contributed by atoms with Crippen molar-refractivity contribution in [1.29, 1.82) is 5.26 Å². The number of nitriles is 1. The van der Waals surface area contributed by atoms with Crippen LogP contribution in [0.15, 0.2) is 48.5 Å². The number of aliphatic hydroxyl groups is 1. The van der Waals surface area contributed by atoms with Gasteiger partial charge < -0.3 is 10.4 Å². The molecule has 1 saturated heterocycles. The molecule has 0 radical (unpaired) electrons. The number of anilines is 1. The molecule has 5 rings (SSSR count). The van der Waals surface area contributed by atoms with Crippen molar-refractivity contribution in [3.05, 3.63) is 65.2 Å². The number of alkyl halides is 3. The average Bonchev–Trinajstić information content (AvgIpc) is 3.42. The van der Waals surface area contributed by atoms with Crippen molar-refractivity contribution in [2.75, 3.05) is 31.5 Å². The van der Waals surface area contributed by atoms with E-state index in [1.54, 1.807) is 0 Å². The van der Waals surface area contributed by atoms with E-state index in [0.29, 0.717) is 35.4 Å².